The molecule has 0 bridgehead atoms. The Morgan fingerprint density at radius 3 is 2.08 bits per heavy atom. The van der Waals surface area contributed by atoms with Crippen LogP contribution in [0.2, 0.25) is 0 Å². The standard InChI is InChI=1S/C33H28N2.C3H6.C2H6/c1-4-24(2)25(3)21-26(19-20-34-28-13-7-5-8-14-28)27-22-31-30-17-11-12-18-32(30)35(33(31)23-27)29-15-9-6-10-16-29;1-3-2;1-2/h4-22,34H,1-3,23H2;3H,1H2,2H3;1-2H3/b20-19-,26-21+;;. The number of fused-ring (bicyclic) bond motifs is 3. The highest BCUT2D eigenvalue weighted by Gasteiger charge is 2.24. The van der Waals surface area contributed by atoms with Crippen molar-refractivity contribution in [1.82, 2.24) is 4.57 Å². The van der Waals surface area contributed by atoms with Gasteiger partial charge in [-0.25, -0.2) is 0 Å². The highest BCUT2D eigenvalue weighted by Crippen LogP contribution is 2.39. The number of allylic oxidation sites excluding steroid dienone is 8. The summed E-state index contributed by atoms with van der Waals surface area (Å²) in [5.74, 6) is 0. The second-order valence-electron chi connectivity index (χ2n) is 9.00. The lowest BCUT2D eigenvalue weighted by Crippen LogP contribution is -2.01. The first-order valence-corrected chi connectivity index (χ1v) is 13.7. The molecule has 1 aliphatic rings. The average molecular weight is 525 g/mol. The Morgan fingerprint density at radius 1 is 0.825 bits per heavy atom. The third-order valence-electron chi connectivity index (χ3n) is 6.35. The normalized spacial score (nSPS) is 11.9. The van der Waals surface area contributed by atoms with Crippen molar-refractivity contribution in [2.45, 2.75) is 27.2 Å². The molecule has 0 saturated heterocycles. The van der Waals surface area contributed by atoms with Gasteiger partial charge in [0.15, 0.2) is 0 Å². The molecule has 1 aromatic heterocycles. The fourth-order valence-electron chi connectivity index (χ4n) is 4.54. The van der Waals surface area contributed by atoms with Gasteiger partial charge in [0.05, 0.1) is 5.52 Å². The highest BCUT2D eigenvalue weighted by atomic mass is 15.0. The van der Waals surface area contributed by atoms with Crippen molar-refractivity contribution in [2.75, 3.05) is 5.32 Å². The van der Waals surface area contributed by atoms with Gasteiger partial charge in [0, 0.05) is 40.6 Å². The van der Waals surface area contributed by atoms with Crippen LogP contribution in [-0.4, -0.2) is 4.57 Å². The molecule has 2 heteroatoms. The molecule has 4 aromatic rings. The van der Waals surface area contributed by atoms with Crippen molar-refractivity contribution in [1.29, 1.82) is 0 Å². The number of nitrogens with one attached hydrogen (secondary N) is 1. The molecular weight excluding hydrogens is 484 g/mol. The minimum absolute atomic E-state index is 0.822. The molecule has 202 valence electrons. The zero-order valence-electron chi connectivity index (χ0n) is 24.0. The van der Waals surface area contributed by atoms with Crippen molar-refractivity contribution in [3.63, 3.8) is 0 Å². The summed E-state index contributed by atoms with van der Waals surface area (Å²) in [6.45, 7) is 21.4. The van der Waals surface area contributed by atoms with E-state index in [1.807, 2.05) is 57.3 Å². The maximum atomic E-state index is 4.22. The summed E-state index contributed by atoms with van der Waals surface area (Å²) in [5, 5.41) is 4.64. The second-order valence-corrected chi connectivity index (χ2v) is 9.00. The molecule has 0 radical (unpaired) electrons. The third kappa shape index (κ3) is 6.98. The van der Waals surface area contributed by atoms with Crippen molar-refractivity contribution in [3.8, 4) is 5.69 Å². The van der Waals surface area contributed by atoms with Gasteiger partial charge >= 0.3 is 0 Å². The molecule has 1 N–H and O–H groups in total. The molecule has 0 unspecified atom stereocenters. The van der Waals surface area contributed by atoms with E-state index < -0.39 is 0 Å². The van der Waals surface area contributed by atoms with E-state index in [4.69, 9.17) is 0 Å². The Kier molecular flexibility index (Phi) is 11.1. The van der Waals surface area contributed by atoms with E-state index in [9.17, 15) is 0 Å². The number of anilines is 1. The van der Waals surface area contributed by atoms with Crippen LogP contribution in [0.4, 0.5) is 5.69 Å². The van der Waals surface area contributed by atoms with Crippen LogP contribution in [0.25, 0.3) is 22.7 Å². The molecule has 2 nitrogen and oxygen atoms in total. The third-order valence-corrected chi connectivity index (χ3v) is 6.35. The first-order valence-electron chi connectivity index (χ1n) is 13.7. The molecule has 1 aliphatic carbocycles. The Bertz CT molecular complexity index is 1560. The summed E-state index contributed by atoms with van der Waals surface area (Å²) in [6, 6.07) is 29.4. The van der Waals surface area contributed by atoms with E-state index in [1.54, 1.807) is 12.2 Å². The Balaban J connectivity index is 0.000000827. The van der Waals surface area contributed by atoms with Crippen molar-refractivity contribution < 1.29 is 0 Å². The molecule has 40 heavy (non-hydrogen) atoms. The Morgan fingerprint density at radius 2 is 1.43 bits per heavy atom. The van der Waals surface area contributed by atoms with Gasteiger partial charge in [0.25, 0.3) is 0 Å². The first kappa shape index (κ1) is 29.7. The molecule has 0 atom stereocenters. The molecule has 0 amide bonds. The van der Waals surface area contributed by atoms with Gasteiger partial charge in [-0.05, 0) is 77.8 Å². The number of nitrogens with zero attached hydrogens (tertiary/aromatic N) is 1. The molecule has 0 aliphatic heterocycles. The van der Waals surface area contributed by atoms with E-state index in [0.29, 0.717) is 0 Å². The smallest absolute Gasteiger partial charge is 0.0537 e. The molecule has 0 spiro atoms. The van der Waals surface area contributed by atoms with Gasteiger partial charge in [-0.1, -0.05) is 100 Å². The SMILES string of the molecule is C=CC.C=CC(=C)C(=C)/C=C(\C=C/Nc1ccccc1)C1=Cc2c(n(-c3ccccc3)c3ccccc23)C1.CC. The quantitative estimate of drug-likeness (QED) is 0.179. The predicted molar refractivity (Wildman–Crippen MR) is 178 cm³/mol. The summed E-state index contributed by atoms with van der Waals surface area (Å²) >= 11 is 0. The highest BCUT2D eigenvalue weighted by molar-refractivity contribution is 5.95. The number of benzene rings is 3. The van der Waals surface area contributed by atoms with E-state index in [0.717, 1.165) is 28.8 Å². The number of aromatic nitrogens is 1. The van der Waals surface area contributed by atoms with Gasteiger partial charge in [-0.2, -0.15) is 0 Å². The van der Waals surface area contributed by atoms with Crippen molar-refractivity contribution in [2.24, 2.45) is 0 Å². The van der Waals surface area contributed by atoms with Gasteiger partial charge < -0.3 is 9.88 Å². The molecule has 3 aromatic carbocycles. The van der Waals surface area contributed by atoms with Crippen LogP contribution in [0.3, 0.4) is 0 Å². The summed E-state index contributed by atoms with van der Waals surface area (Å²) in [4.78, 5) is 0. The fourth-order valence-corrected chi connectivity index (χ4v) is 4.54. The van der Waals surface area contributed by atoms with Crippen LogP contribution in [0.1, 0.15) is 32.0 Å². The minimum Gasteiger partial charge on any atom is -0.362 e. The van der Waals surface area contributed by atoms with Gasteiger partial charge in [-0.15, -0.1) is 6.58 Å². The van der Waals surface area contributed by atoms with E-state index in [2.05, 4.69) is 109 Å². The van der Waals surface area contributed by atoms with E-state index >= 15 is 0 Å². The molecule has 5 rings (SSSR count). The molecule has 0 saturated carbocycles. The number of hydrogen-bond acceptors (Lipinski definition) is 1. The topological polar surface area (TPSA) is 17.0 Å². The van der Waals surface area contributed by atoms with Crippen LogP contribution in [0.15, 0.2) is 164 Å². The van der Waals surface area contributed by atoms with Crippen LogP contribution >= 0.6 is 0 Å². The summed E-state index contributed by atoms with van der Waals surface area (Å²) in [6.07, 6.45) is 12.8. The van der Waals surface area contributed by atoms with Crippen molar-refractivity contribution in [3.05, 3.63) is 175 Å². The largest absolute Gasteiger partial charge is 0.362 e. The van der Waals surface area contributed by atoms with Crippen molar-refractivity contribution >= 4 is 22.7 Å². The van der Waals surface area contributed by atoms with Crippen LogP contribution < -0.4 is 5.32 Å². The minimum atomic E-state index is 0.822. The zero-order valence-corrected chi connectivity index (χ0v) is 24.0. The van der Waals surface area contributed by atoms with Crippen LogP contribution in [0.5, 0.6) is 0 Å². The van der Waals surface area contributed by atoms with E-state index in [-0.39, 0.29) is 0 Å². The second kappa shape index (κ2) is 14.9. The molecular formula is C38H40N2. The van der Waals surface area contributed by atoms with Gasteiger partial charge in [-0.3, -0.25) is 0 Å². The predicted octanol–water partition coefficient (Wildman–Crippen LogP) is 10.6. The van der Waals surface area contributed by atoms with Crippen LogP contribution in [-0.2, 0) is 6.42 Å². The number of rotatable bonds is 8. The molecule has 1 heterocycles. The molecule has 0 fully saturated rings. The number of para-hydroxylation sites is 3. The Labute approximate surface area is 240 Å². The van der Waals surface area contributed by atoms with Crippen LogP contribution in [0, 0.1) is 0 Å². The summed E-state index contributed by atoms with van der Waals surface area (Å²) < 4.78 is 2.38. The monoisotopic (exact) mass is 524 g/mol. The lowest BCUT2D eigenvalue weighted by atomic mass is 9.99. The van der Waals surface area contributed by atoms with E-state index in [1.165, 1.54) is 33.4 Å². The zero-order chi connectivity index (χ0) is 28.9. The fraction of sp³-hybridized carbons (Fsp3) is 0.105. The maximum absolute atomic E-state index is 4.22. The summed E-state index contributed by atoms with van der Waals surface area (Å²) in [5.41, 5.74) is 10.1. The summed E-state index contributed by atoms with van der Waals surface area (Å²) in [7, 11) is 0. The Hall–Kier alpha value is -4.82. The lowest BCUT2D eigenvalue weighted by molar-refractivity contribution is 0.995. The average Bonchev–Trinajstić information content (AvgIpc) is 3.56. The maximum Gasteiger partial charge on any atom is 0.0537 e. The number of hydrogen-bond donors (Lipinski definition) is 1. The van der Waals surface area contributed by atoms with Gasteiger partial charge in [0.2, 0.25) is 0 Å². The first-order chi connectivity index (χ1) is 19.6. The van der Waals surface area contributed by atoms with Gasteiger partial charge in [0.1, 0.15) is 0 Å². The lowest BCUT2D eigenvalue weighted by Gasteiger charge is -2.12.